The summed E-state index contributed by atoms with van der Waals surface area (Å²) >= 11 is 2.11. The van der Waals surface area contributed by atoms with E-state index in [0.717, 1.165) is 25.7 Å². The Morgan fingerprint density at radius 2 is 1.55 bits per heavy atom. The molecule has 0 heterocycles. The molecule has 1 unspecified atom stereocenters. The first-order valence-corrected chi connectivity index (χ1v) is 11.8. The molecule has 0 aliphatic rings. The number of ether oxygens (including phenoxy) is 1. The highest BCUT2D eigenvalue weighted by Crippen LogP contribution is 2.62. The van der Waals surface area contributed by atoms with Gasteiger partial charge in [0.05, 0.1) is 11.4 Å². The van der Waals surface area contributed by atoms with E-state index in [1.54, 1.807) is 0 Å². The average molecular weight is 423 g/mol. The van der Waals surface area contributed by atoms with Gasteiger partial charge >= 0.3 is 5.97 Å². The molecular formula is C25H42O3S. The summed E-state index contributed by atoms with van der Waals surface area (Å²) in [6.07, 6.45) is 5.42. The second kappa shape index (κ2) is 10.7. The Bertz CT molecular complexity index is 609. The third kappa shape index (κ3) is 6.94. The van der Waals surface area contributed by atoms with E-state index in [2.05, 4.69) is 72.4 Å². The van der Waals surface area contributed by atoms with Crippen LogP contribution in [0.15, 0.2) is 24.3 Å². The standard InChI is InChI=1S/C25H42O3S/c1-9-12-22(13-10-11-18-28-19(2)26)29-25(23(3,4)5,24(6,7)8)20-14-16-21(27)17-15-20/h14-17,22,27H,9-13,18H2,1-8H3. The topological polar surface area (TPSA) is 46.5 Å². The molecule has 1 aromatic carbocycles. The molecule has 3 nitrogen and oxygen atoms in total. The van der Waals surface area contributed by atoms with Gasteiger partial charge in [-0.25, -0.2) is 0 Å². The van der Waals surface area contributed by atoms with Crippen LogP contribution in [0.25, 0.3) is 0 Å². The number of hydrogen-bond donors (Lipinski definition) is 1. The number of benzene rings is 1. The monoisotopic (exact) mass is 422 g/mol. The minimum atomic E-state index is -0.198. The van der Waals surface area contributed by atoms with Crippen LogP contribution in [0.1, 0.15) is 93.1 Å². The SMILES string of the molecule is CCCC(CCCCOC(C)=O)SC(c1ccc(O)cc1)(C(C)(C)C)C(C)(C)C. The van der Waals surface area contributed by atoms with Crippen LogP contribution in [0.2, 0.25) is 0 Å². The summed E-state index contributed by atoms with van der Waals surface area (Å²) in [5.41, 5.74) is 1.33. The van der Waals surface area contributed by atoms with Crippen LogP contribution >= 0.6 is 11.8 Å². The Labute approximate surface area is 183 Å². The third-order valence-corrected chi connectivity index (χ3v) is 8.18. The molecule has 0 fully saturated rings. The van der Waals surface area contributed by atoms with E-state index in [0.29, 0.717) is 17.6 Å². The summed E-state index contributed by atoms with van der Waals surface area (Å²) in [6.45, 7) is 18.2. The number of carbonyl (C=O) groups excluding carboxylic acids is 1. The van der Waals surface area contributed by atoms with Crippen molar-refractivity contribution in [3.63, 3.8) is 0 Å². The van der Waals surface area contributed by atoms with Crippen LogP contribution in [-0.4, -0.2) is 22.9 Å². The van der Waals surface area contributed by atoms with Gasteiger partial charge in [-0.05, 0) is 54.2 Å². The maximum atomic E-state index is 11.0. The molecule has 1 N–H and O–H groups in total. The molecule has 1 rings (SSSR count). The normalized spacial score (nSPS) is 13.9. The Morgan fingerprint density at radius 1 is 1.00 bits per heavy atom. The van der Waals surface area contributed by atoms with E-state index in [-0.39, 0.29) is 21.5 Å². The van der Waals surface area contributed by atoms with Crippen molar-refractivity contribution in [3.05, 3.63) is 29.8 Å². The van der Waals surface area contributed by atoms with Crippen molar-refractivity contribution in [1.82, 2.24) is 0 Å². The number of rotatable bonds is 10. The van der Waals surface area contributed by atoms with Gasteiger partial charge in [-0.15, -0.1) is 11.8 Å². The lowest BCUT2D eigenvalue weighted by Gasteiger charge is -2.55. The van der Waals surface area contributed by atoms with Crippen molar-refractivity contribution >= 4 is 17.7 Å². The lowest BCUT2D eigenvalue weighted by molar-refractivity contribution is -0.141. The summed E-state index contributed by atoms with van der Waals surface area (Å²) < 4.78 is 5.00. The first-order chi connectivity index (χ1) is 13.3. The maximum Gasteiger partial charge on any atom is 0.302 e. The van der Waals surface area contributed by atoms with Crippen molar-refractivity contribution in [2.75, 3.05) is 6.61 Å². The van der Waals surface area contributed by atoms with Gasteiger partial charge < -0.3 is 9.84 Å². The van der Waals surface area contributed by atoms with Crippen LogP contribution in [0.3, 0.4) is 0 Å². The molecule has 0 aliphatic heterocycles. The van der Waals surface area contributed by atoms with E-state index < -0.39 is 0 Å². The van der Waals surface area contributed by atoms with Gasteiger partial charge in [0.15, 0.2) is 0 Å². The van der Waals surface area contributed by atoms with Crippen LogP contribution in [0, 0.1) is 10.8 Å². The van der Waals surface area contributed by atoms with E-state index in [1.165, 1.54) is 18.9 Å². The number of hydrogen-bond acceptors (Lipinski definition) is 4. The molecule has 166 valence electrons. The molecule has 0 aromatic heterocycles. The zero-order valence-electron chi connectivity index (χ0n) is 19.8. The summed E-state index contributed by atoms with van der Waals surface area (Å²) in [6, 6.07) is 7.83. The Morgan fingerprint density at radius 3 is 2.00 bits per heavy atom. The minimum Gasteiger partial charge on any atom is -0.508 e. The van der Waals surface area contributed by atoms with Crippen LogP contribution in [0.5, 0.6) is 5.75 Å². The smallest absolute Gasteiger partial charge is 0.302 e. The molecule has 29 heavy (non-hydrogen) atoms. The number of phenolic OH excluding ortho intramolecular Hbond substituents is 1. The molecule has 1 aromatic rings. The van der Waals surface area contributed by atoms with Crippen LogP contribution < -0.4 is 0 Å². The second-order valence-electron chi connectivity index (χ2n) is 10.1. The molecule has 0 saturated heterocycles. The van der Waals surface area contributed by atoms with Gasteiger partial charge in [0.1, 0.15) is 5.75 Å². The number of esters is 1. The van der Waals surface area contributed by atoms with Gasteiger partial charge in [-0.1, -0.05) is 67.0 Å². The van der Waals surface area contributed by atoms with Crippen molar-refractivity contribution in [3.8, 4) is 5.75 Å². The highest BCUT2D eigenvalue weighted by molar-refractivity contribution is 8.00. The third-order valence-electron chi connectivity index (χ3n) is 5.57. The van der Waals surface area contributed by atoms with Gasteiger partial charge in [0, 0.05) is 12.2 Å². The minimum absolute atomic E-state index is 0.0244. The van der Waals surface area contributed by atoms with Crippen LogP contribution in [0.4, 0.5) is 0 Å². The molecule has 4 heteroatoms. The highest BCUT2D eigenvalue weighted by atomic mass is 32.2. The van der Waals surface area contributed by atoms with Gasteiger partial charge in [0.2, 0.25) is 0 Å². The fraction of sp³-hybridized carbons (Fsp3) is 0.720. The quantitative estimate of drug-likeness (QED) is 0.317. The average Bonchev–Trinajstić information content (AvgIpc) is 2.57. The lowest BCUT2D eigenvalue weighted by Crippen LogP contribution is -2.48. The second-order valence-corrected chi connectivity index (χ2v) is 11.6. The van der Waals surface area contributed by atoms with E-state index in [4.69, 9.17) is 4.74 Å². The molecule has 0 radical (unpaired) electrons. The molecule has 0 amide bonds. The number of aromatic hydroxyl groups is 1. The fourth-order valence-electron chi connectivity index (χ4n) is 4.63. The van der Waals surface area contributed by atoms with Crippen molar-refractivity contribution in [2.45, 2.75) is 97.5 Å². The van der Waals surface area contributed by atoms with E-state index >= 15 is 0 Å². The fourth-order valence-corrected chi connectivity index (χ4v) is 6.75. The first kappa shape index (κ1) is 25.9. The number of unbranched alkanes of at least 4 members (excludes halogenated alkanes) is 1. The van der Waals surface area contributed by atoms with Gasteiger partial charge in [0.25, 0.3) is 0 Å². The number of phenols is 1. The Balaban J connectivity index is 3.19. The Kier molecular flexibility index (Phi) is 9.59. The zero-order valence-corrected chi connectivity index (χ0v) is 20.6. The number of thioether (sulfide) groups is 1. The number of carbonyl (C=O) groups is 1. The summed E-state index contributed by atoms with van der Waals surface area (Å²) in [5, 5.41) is 10.4. The summed E-state index contributed by atoms with van der Waals surface area (Å²) in [5.74, 6) is 0.113. The van der Waals surface area contributed by atoms with Crippen molar-refractivity contribution in [2.24, 2.45) is 10.8 Å². The molecule has 0 aliphatic carbocycles. The van der Waals surface area contributed by atoms with Crippen molar-refractivity contribution in [1.29, 1.82) is 0 Å². The molecule has 0 saturated carbocycles. The van der Waals surface area contributed by atoms with Crippen LogP contribution in [-0.2, 0) is 14.3 Å². The lowest BCUT2D eigenvalue weighted by atomic mass is 9.62. The predicted molar refractivity (Wildman–Crippen MR) is 125 cm³/mol. The van der Waals surface area contributed by atoms with Gasteiger partial charge in [-0.3, -0.25) is 4.79 Å². The van der Waals surface area contributed by atoms with Crippen molar-refractivity contribution < 1.29 is 14.6 Å². The van der Waals surface area contributed by atoms with E-state index in [1.807, 2.05) is 12.1 Å². The predicted octanol–water partition coefficient (Wildman–Crippen LogP) is 7.32. The molecule has 0 spiro atoms. The molecular weight excluding hydrogens is 380 g/mol. The molecule has 1 atom stereocenters. The molecule has 0 bridgehead atoms. The highest BCUT2D eigenvalue weighted by Gasteiger charge is 2.53. The maximum absolute atomic E-state index is 11.0. The first-order valence-electron chi connectivity index (χ1n) is 11.0. The van der Waals surface area contributed by atoms with Gasteiger partial charge in [-0.2, -0.15) is 0 Å². The van der Waals surface area contributed by atoms with E-state index in [9.17, 15) is 9.90 Å². The summed E-state index contributed by atoms with van der Waals surface area (Å²) in [7, 11) is 0. The largest absolute Gasteiger partial charge is 0.508 e. The Hall–Kier alpha value is -1.16. The summed E-state index contributed by atoms with van der Waals surface area (Å²) in [4.78, 5) is 11.0. The zero-order chi connectivity index (χ0) is 22.3.